The van der Waals surface area contributed by atoms with E-state index in [-0.39, 0.29) is 36.7 Å². The van der Waals surface area contributed by atoms with E-state index in [1.54, 1.807) is 20.2 Å². The number of carbonyl (C=O) groups excluding carboxylic acids is 2. The highest BCUT2D eigenvalue weighted by Crippen LogP contribution is 2.30. The molecule has 0 saturated carbocycles. The van der Waals surface area contributed by atoms with Crippen molar-refractivity contribution < 1.29 is 29.3 Å². The smallest absolute Gasteiger partial charge is 0.387 e. The molecule has 1 saturated heterocycles. The fraction of sp³-hybridized carbons (Fsp3) is 0.421. The number of likely N-dealkylation sites (N-methyl/N-ethyl adjacent to an activating group) is 1. The Morgan fingerprint density at radius 3 is 2.72 bits per heavy atom. The lowest BCUT2D eigenvalue weighted by atomic mass is 10.0. The largest absolute Gasteiger partial charge is 0.433 e. The predicted octanol–water partition coefficient (Wildman–Crippen LogP) is 3.10. The van der Waals surface area contributed by atoms with Crippen LogP contribution in [0.1, 0.15) is 24.6 Å². The summed E-state index contributed by atoms with van der Waals surface area (Å²) in [6.45, 7) is -2.77. The van der Waals surface area contributed by atoms with Gasteiger partial charge in [0, 0.05) is 33.2 Å². The zero-order chi connectivity index (χ0) is 21.1. The average Bonchev–Trinajstić information content (AvgIpc) is 2.67. The van der Waals surface area contributed by atoms with Crippen molar-refractivity contribution >= 4 is 34.3 Å². The van der Waals surface area contributed by atoms with Gasteiger partial charge < -0.3 is 19.7 Å². The normalized spacial score (nSPS) is 19.2. The number of amides is 2. The molecule has 7 nitrogen and oxygen atoms in total. The van der Waals surface area contributed by atoms with Crippen LogP contribution >= 0.6 is 11.6 Å². The third-order valence-electron chi connectivity index (χ3n) is 4.54. The molecular weight excluding hydrogens is 408 g/mol. The lowest BCUT2D eigenvalue weighted by molar-refractivity contribution is -0.144. The van der Waals surface area contributed by atoms with Crippen molar-refractivity contribution in [2.75, 3.05) is 20.7 Å². The number of ether oxygens (including phenoxy) is 2. The molecule has 29 heavy (non-hydrogen) atoms. The van der Waals surface area contributed by atoms with Crippen LogP contribution in [-0.4, -0.2) is 61.2 Å². The summed E-state index contributed by atoms with van der Waals surface area (Å²) >= 11 is 5.96. The Morgan fingerprint density at radius 1 is 1.34 bits per heavy atom. The van der Waals surface area contributed by atoms with Crippen molar-refractivity contribution in [3.05, 3.63) is 35.0 Å². The molecule has 2 heterocycles. The summed E-state index contributed by atoms with van der Waals surface area (Å²) in [7, 11) is 3.34. The number of alkyl halides is 2. The van der Waals surface area contributed by atoms with Gasteiger partial charge in [0.25, 0.3) is 11.8 Å². The summed E-state index contributed by atoms with van der Waals surface area (Å²) in [5, 5.41) is 3.36. The zero-order valence-corrected chi connectivity index (χ0v) is 16.6. The molecule has 2 aromatic rings. The first kappa shape index (κ1) is 21.2. The maximum absolute atomic E-state index is 12.5. The minimum absolute atomic E-state index is 0. The second-order valence-electron chi connectivity index (χ2n) is 6.88. The predicted molar refractivity (Wildman–Crippen MR) is 104 cm³/mol. The van der Waals surface area contributed by atoms with Crippen LogP contribution in [0.3, 0.4) is 0 Å². The topological polar surface area (TPSA) is 80.8 Å². The van der Waals surface area contributed by atoms with Gasteiger partial charge in [0.1, 0.15) is 11.9 Å². The van der Waals surface area contributed by atoms with E-state index in [4.69, 9.17) is 16.3 Å². The first-order valence-corrected chi connectivity index (χ1v) is 9.30. The van der Waals surface area contributed by atoms with Crippen molar-refractivity contribution in [1.29, 1.82) is 0 Å². The highest BCUT2D eigenvalue weighted by molar-refractivity contribution is 6.32. The molecule has 0 spiro atoms. The molecule has 1 N–H and O–H groups in total. The number of nitrogens with one attached hydrogen (secondary N) is 1. The van der Waals surface area contributed by atoms with E-state index < -0.39 is 12.7 Å². The molecule has 1 aliphatic rings. The van der Waals surface area contributed by atoms with E-state index in [1.807, 2.05) is 0 Å². The molecule has 2 atom stereocenters. The SMILES string of the molecule is CN(C)C(=O)[C@@H]1CC[C@@H](NC(=O)c2cnc3cc(OC(F)F)c(Cl)cc3c2)CO1.[HH]. The van der Waals surface area contributed by atoms with Crippen LogP contribution in [0.25, 0.3) is 10.9 Å². The number of nitrogens with zero attached hydrogens (tertiary/aromatic N) is 2. The third-order valence-corrected chi connectivity index (χ3v) is 4.84. The average molecular weight is 430 g/mol. The first-order chi connectivity index (χ1) is 13.7. The van der Waals surface area contributed by atoms with Gasteiger partial charge in [-0.2, -0.15) is 8.78 Å². The van der Waals surface area contributed by atoms with Gasteiger partial charge in [-0.25, -0.2) is 0 Å². The van der Waals surface area contributed by atoms with E-state index in [9.17, 15) is 18.4 Å². The van der Waals surface area contributed by atoms with Gasteiger partial charge in [0.15, 0.2) is 0 Å². The molecule has 0 aliphatic carbocycles. The van der Waals surface area contributed by atoms with Crippen LogP contribution in [0, 0.1) is 0 Å². The van der Waals surface area contributed by atoms with E-state index in [0.717, 1.165) is 0 Å². The maximum atomic E-state index is 12.5. The van der Waals surface area contributed by atoms with E-state index in [0.29, 0.717) is 29.3 Å². The van der Waals surface area contributed by atoms with Crippen molar-refractivity contribution in [2.45, 2.75) is 31.6 Å². The molecule has 10 heteroatoms. The molecular formula is C19H22ClF2N3O4. The summed E-state index contributed by atoms with van der Waals surface area (Å²) < 4.78 is 34.7. The van der Waals surface area contributed by atoms with Crippen molar-refractivity contribution in [1.82, 2.24) is 15.2 Å². The number of rotatable bonds is 5. The van der Waals surface area contributed by atoms with Gasteiger partial charge >= 0.3 is 6.61 Å². The van der Waals surface area contributed by atoms with E-state index >= 15 is 0 Å². The second kappa shape index (κ2) is 8.87. The van der Waals surface area contributed by atoms with E-state index in [2.05, 4.69) is 15.0 Å². The number of benzene rings is 1. The van der Waals surface area contributed by atoms with Crippen molar-refractivity contribution in [3.8, 4) is 5.75 Å². The molecule has 0 bridgehead atoms. The minimum atomic E-state index is -3.00. The zero-order valence-electron chi connectivity index (χ0n) is 15.8. The summed E-state index contributed by atoms with van der Waals surface area (Å²) in [5.41, 5.74) is 0.662. The fourth-order valence-corrected chi connectivity index (χ4v) is 3.27. The van der Waals surface area contributed by atoms with Crippen molar-refractivity contribution in [2.24, 2.45) is 0 Å². The minimum Gasteiger partial charge on any atom is -0.433 e. The maximum Gasteiger partial charge on any atom is 0.387 e. The summed E-state index contributed by atoms with van der Waals surface area (Å²) in [6.07, 6.45) is 1.98. The third kappa shape index (κ3) is 5.10. The molecule has 1 aromatic heterocycles. The summed E-state index contributed by atoms with van der Waals surface area (Å²) in [4.78, 5) is 30.1. The van der Waals surface area contributed by atoms with Crippen LogP contribution in [0.4, 0.5) is 8.78 Å². The molecule has 1 aliphatic heterocycles. The van der Waals surface area contributed by atoms with Crippen LogP contribution < -0.4 is 10.1 Å². The van der Waals surface area contributed by atoms with Gasteiger partial charge in [0.2, 0.25) is 0 Å². The number of fused-ring (bicyclic) bond motifs is 1. The highest BCUT2D eigenvalue weighted by atomic mass is 35.5. The Hall–Kier alpha value is -2.52. The van der Waals surface area contributed by atoms with Gasteiger partial charge in [-0.05, 0) is 25.0 Å². The fourth-order valence-electron chi connectivity index (χ4n) is 3.06. The van der Waals surface area contributed by atoms with E-state index in [1.165, 1.54) is 23.2 Å². The number of carbonyl (C=O) groups is 2. The van der Waals surface area contributed by atoms with Gasteiger partial charge in [-0.15, -0.1) is 0 Å². The standard InChI is InChI=1S/C19H20ClF2N3O4.H2/c1-25(2)18(27)15-4-3-12(9-28-15)24-17(26)11-5-10-6-13(20)16(29-19(21)22)7-14(10)23-8-11;/h5-8,12,15,19H,3-4,9H2,1-2H3,(H,24,26);1H/t12-,15+;/m1./s1. The molecule has 2 amide bonds. The molecule has 158 valence electrons. The van der Waals surface area contributed by atoms with Crippen LogP contribution in [0.2, 0.25) is 5.02 Å². The number of pyridine rings is 1. The Balaban J connectivity index is 0.00000320. The molecule has 0 radical (unpaired) electrons. The number of hydrogen-bond acceptors (Lipinski definition) is 5. The Labute approximate surface area is 172 Å². The van der Waals surface area contributed by atoms with Crippen LogP contribution in [-0.2, 0) is 9.53 Å². The summed E-state index contributed by atoms with van der Waals surface area (Å²) in [5.74, 6) is -0.630. The second-order valence-corrected chi connectivity index (χ2v) is 7.29. The lowest BCUT2D eigenvalue weighted by Crippen LogP contribution is -2.46. The number of aromatic nitrogens is 1. The molecule has 0 unspecified atom stereocenters. The summed E-state index contributed by atoms with van der Waals surface area (Å²) in [6, 6.07) is 4.05. The Morgan fingerprint density at radius 2 is 2.10 bits per heavy atom. The van der Waals surface area contributed by atoms with Crippen LogP contribution in [0.5, 0.6) is 5.75 Å². The molecule has 1 aromatic carbocycles. The first-order valence-electron chi connectivity index (χ1n) is 8.92. The van der Waals surface area contributed by atoms with Crippen LogP contribution in [0.15, 0.2) is 24.4 Å². The molecule has 1 fully saturated rings. The van der Waals surface area contributed by atoms with Crippen molar-refractivity contribution in [3.63, 3.8) is 0 Å². The molecule has 3 rings (SSSR count). The monoisotopic (exact) mass is 429 g/mol. The highest BCUT2D eigenvalue weighted by Gasteiger charge is 2.29. The van der Waals surface area contributed by atoms with Gasteiger partial charge in [0.05, 0.1) is 28.8 Å². The number of halogens is 3. The number of hydrogen-bond donors (Lipinski definition) is 1. The van der Waals surface area contributed by atoms with Gasteiger partial charge in [-0.3, -0.25) is 14.6 Å². The quantitative estimate of drug-likeness (QED) is 0.790. The Kier molecular flexibility index (Phi) is 6.49. The van der Waals surface area contributed by atoms with Gasteiger partial charge in [-0.1, -0.05) is 11.6 Å². The lowest BCUT2D eigenvalue weighted by Gasteiger charge is -2.30. The Bertz CT molecular complexity index is 924.